The Balaban J connectivity index is 2.19. The van der Waals surface area contributed by atoms with Gasteiger partial charge in [0.1, 0.15) is 23.0 Å². The minimum atomic E-state index is -0.844. The van der Waals surface area contributed by atoms with Crippen LogP contribution in [0.15, 0.2) is 33.5 Å². The van der Waals surface area contributed by atoms with Crippen molar-refractivity contribution in [3.63, 3.8) is 0 Å². The van der Waals surface area contributed by atoms with Crippen LogP contribution in [0.25, 0.3) is 11.0 Å². The predicted octanol–water partition coefficient (Wildman–Crippen LogP) is 4.34. The third-order valence-electron chi connectivity index (χ3n) is 4.09. The summed E-state index contributed by atoms with van der Waals surface area (Å²) in [5, 5.41) is 3.37. The van der Waals surface area contributed by atoms with Crippen LogP contribution in [0.4, 0.5) is 4.79 Å². The van der Waals surface area contributed by atoms with Crippen LogP contribution in [0.1, 0.15) is 59.4 Å². The average Bonchev–Trinajstić information content (AvgIpc) is 2.59. The number of benzene rings is 1. The number of carbonyl (C=O) groups excluding carboxylic acids is 2. The Morgan fingerprint density at radius 1 is 1.14 bits per heavy atom. The summed E-state index contributed by atoms with van der Waals surface area (Å²) in [6.45, 7) is 9.17. The van der Waals surface area contributed by atoms with Crippen LogP contribution in [-0.4, -0.2) is 23.7 Å². The molecule has 1 heterocycles. The van der Waals surface area contributed by atoms with Gasteiger partial charge in [-0.25, -0.2) is 14.4 Å². The maximum absolute atomic E-state index is 12.6. The largest absolute Gasteiger partial charge is 0.444 e. The van der Waals surface area contributed by atoms with E-state index in [0.717, 1.165) is 23.8 Å². The SMILES string of the molecule is CCCc1cc(=O)oc2cc(OC(=O)C(CCC)NC(=O)OC(C)(C)C)ccc12. The molecule has 2 aromatic rings. The number of rotatable bonds is 7. The molecule has 158 valence electrons. The Hall–Kier alpha value is -2.83. The van der Waals surface area contributed by atoms with Gasteiger partial charge in [0.15, 0.2) is 0 Å². The fraction of sp³-hybridized carbons (Fsp3) is 0.500. The van der Waals surface area contributed by atoms with Gasteiger partial charge in [0.05, 0.1) is 0 Å². The number of carbonyl (C=O) groups is 2. The summed E-state index contributed by atoms with van der Waals surface area (Å²) in [5.41, 5.74) is 0.141. The topological polar surface area (TPSA) is 94.8 Å². The second kappa shape index (κ2) is 9.58. The Labute approximate surface area is 170 Å². The first-order valence-corrected chi connectivity index (χ1v) is 9.91. The summed E-state index contributed by atoms with van der Waals surface area (Å²) in [4.78, 5) is 36.4. The van der Waals surface area contributed by atoms with Crippen molar-refractivity contribution in [1.29, 1.82) is 0 Å². The predicted molar refractivity (Wildman–Crippen MR) is 110 cm³/mol. The van der Waals surface area contributed by atoms with E-state index >= 15 is 0 Å². The quantitative estimate of drug-likeness (QED) is 0.420. The van der Waals surface area contributed by atoms with Crippen molar-refractivity contribution in [2.75, 3.05) is 0 Å². The molecule has 29 heavy (non-hydrogen) atoms. The number of alkyl carbamates (subject to hydrolysis) is 1. The molecule has 0 fully saturated rings. The van der Waals surface area contributed by atoms with Crippen molar-refractivity contribution in [2.24, 2.45) is 0 Å². The van der Waals surface area contributed by atoms with E-state index in [1.165, 1.54) is 12.1 Å². The molecule has 1 atom stereocenters. The number of aryl methyl sites for hydroxylation is 1. The van der Waals surface area contributed by atoms with Crippen molar-refractivity contribution in [3.05, 3.63) is 40.2 Å². The Kier molecular flexibility index (Phi) is 7.42. The minimum Gasteiger partial charge on any atom is -0.444 e. The number of esters is 1. The van der Waals surface area contributed by atoms with E-state index in [4.69, 9.17) is 13.9 Å². The normalized spacial score (nSPS) is 12.4. The Bertz CT molecular complexity index is 925. The molecular formula is C22H29NO6. The maximum atomic E-state index is 12.6. The van der Waals surface area contributed by atoms with Crippen molar-refractivity contribution in [3.8, 4) is 5.75 Å². The zero-order chi connectivity index (χ0) is 21.6. The number of hydrogen-bond donors (Lipinski definition) is 1. The van der Waals surface area contributed by atoms with Gasteiger partial charge in [-0.05, 0) is 51.3 Å². The van der Waals surface area contributed by atoms with E-state index in [1.807, 2.05) is 13.8 Å². The Morgan fingerprint density at radius 2 is 1.86 bits per heavy atom. The zero-order valence-corrected chi connectivity index (χ0v) is 17.7. The first-order valence-electron chi connectivity index (χ1n) is 9.91. The smallest absolute Gasteiger partial charge is 0.408 e. The first-order chi connectivity index (χ1) is 13.6. The van der Waals surface area contributed by atoms with Gasteiger partial charge in [-0.15, -0.1) is 0 Å². The lowest BCUT2D eigenvalue weighted by atomic mass is 10.1. The molecule has 2 rings (SSSR count). The van der Waals surface area contributed by atoms with Crippen molar-refractivity contribution >= 4 is 23.0 Å². The molecule has 7 heteroatoms. The van der Waals surface area contributed by atoms with Gasteiger partial charge >= 0.3 is 17.7 Å². The molecule has 0 spiro atoms. The lowest BCUT2D eigenvalue weighted by molar-refractivity contribution is -0.137. The summed E-state index contributed by atoms with van der Waals surface area (Å²) >= 11 is 0. The molecular weight excluding hydrogens is 374 g/mol. The van der Waals surface area contributed by atoms with Gasteiger partial charge in [-0.3, -0.25) is 0 Å². The van der Waals surface area contributed by atoms with Crippen LogP contribution >= 0.6 is 0 Å². The van der Waals surface area contributed by atoms with E-state index in [2.05, 4.69) is 5.32 Å². The van der Waals surface area contributed by atoms with Gasteiger partial charge < -0.3 is 19.2 Å². The minimum absolute atomic E-state index is 0.242. The second-order valence-corrected chi connectivity index (χ2v) is 7.91. The van der Waals surface area contributed by atoms with Crippen LogP contribution < -0.4 is 15.7 Å². The molecule has 1 aromatic heterocycles. The second-order valence-electron chi connectivity index (χ2n) is 7.91. The summed E-state index contributed by atoms with van der Waals surface area (Å²) in [6, 6.07) is 5.57. The highest BCUT2D eigenvalue weighted by molar-refractivity contribution is 5.85. The van der Waals surface area contributed by atoms with Crippen LogP contribution in [0.2, 0.25) is 0 Å². The van der Waals surface area contributed by atoms with Crippen molar-refractivity contribution in [2.45, 2.75) is 71.9 Å². The first kappa shape index (κ1) is 22.5. The lowest BCUT2D eigenvalue weighted by Crippen LogP contribution is -2.45. The summed E-state index contributed by atoms with van der Waals surface area (Å²) in [5.74, 6) is -0.365. The number of amides is 1. The van der Waals surface area contributed by atoms with Gasteiger partial charge in [0.25, 0.3) is 0 Å². The molecule has 0 saturated carbocycles. The molecule has 0 saturated heterocycles. The fourth-order valence-electron chi connectivity index (χ4n) is 2.92. The summed E-state index contributed by atoms with van der Waals surface area (Å²) in [7, 11) is 0. The van der Waals surface area contributed by atoms with E-state index in [1.54, 1.807) is 32.9 Å². The third kappa shape index (κ3) is 6.62. The van der Waals surface area contributed by atoms with Crippen LogP contribution in [-0.2, 0) is 16.0 Å². The highest BCUT2D eigenvalue weighted by Crippen LogP contribution is 2.24. The van der Waals surface area contributed by atoms with Crippen molar-refractivity contribution in [1.82, 2.24) is 5.32 Å². The molecule has 1 unspecified atom stereocenters. The maximum Gasteiger partial charge on any atom is 0.408 e. The van der Waals surface area contributed by atoms with E-state index in [9.17, 15) is 14.4 Å². The van der Waals surface area contributed by atoms with Gasteiger partial charge in [-0.1, -0.05) is 26.7 Å². The molecule has 0 aliphatic heterocycles. The van der Waals surface area contributed by atoms with Crippen molar-refractivity contribution < 1.29 is 23.5 Å². The number of fused-ring (bicyclic) bond motifs is 1. The molecule has 1 aromatic carbocycles. The molecule has 1 N–H and O–H groups in total. The lowest BCUT2D eigenvalue weighted by Gasteiger charge is -2.22. The molecule has 7 nitrogen and oxygen atoms in total. The van der Waals surface area contributed by atoms with Crippen LogP contribution in [0.5, 0.6) is 5.75 Å². The number of hydrogen-bond acceptors (Lipinski definition) is 6. The summed E-state index contributed by atoms with van der Waals surface area (Å²) < 4.78 is 15.9. The van der Waals surface area contributed by atoms with E-state index in [0.29, 0.717) is 18.4 Å². The molecule has 0 aliphatic rings. The highest BCUT2D eigenvalue weighted by Gasteiger charge is 2.25. The molecule has 0 radical (unpaired) electrons. The molecule has 0 bridgehead atoms. The summed E-state index contributed by atoms with van der Waals surface area (Å²) in [6.07, 6.45) is 2.04. The van der Waals surface area contributed by atoms with E-state index in [-0.39, 0.29) is 5.75 Å². The number of nitrogens with one attached hydrogen (secondary N) is 1. The third-order valence-corrected chi connectivity index (χ3v) is 4.09. The van der Waals surface area contributed by atoms with E-state index < -0.39 is 29.3 Å². The number of ether oxygens (including phenoxy) is 2. The fourth-order valence-corrected chi connectivity index (χ4v) is 2.92. The van der Waals surface area contributed by atoms with Gasteiger partial charge in [0, 0.05) is 17.5 Å². The molecule has 0 aliphatic carbocycles. The van der Waals surface area contributed by atoms with Gasteiger partial charge in [-0.2, -0.15) is 0 Å². The highest BCUT2D eigenvalue weighted by atomic mass is 16.6. The van der Waals surface area contributed by atoms with Crippen LogP contribution in [0, 0.1) is 0 Å². The average molecular weight is 403 g/mol. The zero-order valence-electron chi connectivity index (χ0n) is 17.7. The molecule has 1 amide bonds. The van der Waals surface area contributed by atoms with Gasteiger partial charge in [0.2, 0.25) is 0 Å². The standard InChI is InChI=1S/C22H29NO6/c1-6-8-14-12-19(24)28-18-13-15(10-11-16(14)18)27-20(25)17(9-7-2)23-21(26)29-22(3,4)5/h10-13,17H,6-9H2,1-5H3,(H,23,26). The monoisotopic (exact) mass is 403 g/mol. The Morgan fingerprint density at radius 3 is 2.48 bits per heavy atom. The van der Waals surface area contributed by atoms with Crippen LogP contribution in [0.3, 0.4) is 0 Å².